The van der Waals surface area contributed by atoms with E-state index in [2.05, 4.69) is 18.6 Å². The lowest BCUT2D eigenvalue weighted by Gasteiger charge is -2.40. The summed E-state index contributed by atoms with van der Waals surface area (Å²) in [6, 6.07) is 0. The Hall–Kier alpha value is -1.00. The largest absolute Gasteiger partial charge is 0.453 e. The van der Waals surface area contributed by atoms with E-state index in [1.54, 1.807) is 0 Å². The highest BCUT2D eigenvalue weighted by Gasteiger charge is 2.35. The van der Waals surface area contributed by atoms with Gasteiger partial charge in [-0.2, -0.15) is 13.2 Å². The maximum atomic E-state index is 11.9. The summed E-state index contributed by atoms with van der Waals surface area (Å²) in [4.78, 5) is 11.3. The fraction of sp³-hybridized carbons (Fsp3) is 0.786. The van der Waals surface area contributed by atoms with Crippen molar-refractivity contribution in [2.75, 3.05) is 6.61 Å². The fourth-order valence-corrected chi connectivity index (χ4v) is 2.66. The van der Waals surface area contributed by atoms with Crippen LogP contribution in [0.1, 0.15) is 46.0 Å². The Kier molecular flexibility index (Phi) is 5.88. The van der Waals surface area contributed by atoms with E-state index in [4.69, 9.17) is 0 Å². The van der Waals surface area contributed by atoms with Crippen LogP contribution < -0.4 is 0 Å². The molecule has 0 aromatic heterocycles. The molecule has 110 valence electrons. The number of esters is 1. The first-order chi connectivity index (χ1) is 8.87. The molecule has 0 radical (unpaired) electrons. The lowest BCUT2D eigenvalue weighted by molar-refractivity contribution is -0.182. The second kappa shape index (κ2) is 6.96. The molecule has 0 N–H and O–H groups in total. The normalized spacial score (nSPS) is 25.2. The van der Waals surface area contributed by atoms with Crippen molar-refractivity contribution in [1.29, 1.82) is 0 Å². The van der Waals surface area contributed by atoms with Crippen LogP contribution in [0.15, 0.2) is 11.6 Å². The van der Waals surface area contributed by atoms with Gasteiger partial charge in [-0.25, -0.2) is 4.79 Å². The highest BCUT2D eigenvalue weighted by Crippen LogP contribution is 2.45. The zero-order valence-electron chi connectivity index (χ0n) is 11.4. The number of alkyl halides is 3. The molecule has 0 spiro atoms. The first-order valence-corrected chi connectivity index (χ1v) is 6.81. The Morgan fingerprint density at radius 2 is 1.95 bits per heavy atom. The molecule has 0 saturated heterocycles. The van der Waals surface area contributed by atoms with Crippen LogP contribution in [0.5, 0.6) is 0 Å². The zero-order chi connectivity index (χ0) is 14.5. The van der Waals surface area contributed by atoms with Crippen molar-refractivity contribution in [3.63, 3.8) is 0 Å². The van der Waals surface area contributed by atoms with Crippen molar-refractivity contribution in [3.05, 3.63) is 11.6 Å². The van der Waals surface area contributed by atoms with Gasteiger partial charge in [0, 0.05) is 6.08 Å². The molecule has 1 saturated carbocycles. The summed E-state index contributed by atoms with van der Waals surface area (Å²) in [5.74, 6) is 0.0541. The van der Waals surface area contributed by atoms with Crippen LogP contribution in [-0.4, -0.2) is 18.8 Å². The first-order valence-electron chi connectivity index (χ1n) is 6.81. The van der Waals surface area contributed by atoms with Crippen molar-refractivity contribution in [2.24, 2.45) is 11.8 Å². The Morgan fingerprint density at radius 3 is 2.47 bits per heavy atom. The molecule has 5 heteroatoms. The third kappa shape index (κ3) is 5.25. The molecule has 19 heavy (non-hydrogen) atoms. The van der Waals surface area contributed by atoms with Gasteiger partial charge >= 0.3 is 12.1 Å². The minimum absolute atomic E-state index is 0.350. The standard InChI is InChI=1S/C14H21F3O2/c1-3-5-10-7-11(12(10)6-4-2)8-13(18)19-9-14(15,16)17/h8,10,12H,3-7,9H2,1-2H3/b11-8+/t10-,12-/m0/s1. The van der Waals surface area contributed by atoms with E-state index >= 15 is 0 Å². The average Bonchev–Trinajstić information content (AvgIpc) is 2.31. The van der Waals surface area contributed by atoms with Crippen LogP contribution in [-0.2, 0) is 9.53 Å². The second-order valence-electron chi connectivity index (χ2n) is 5.09. The number of ether oxygens (including phenoxy) is 1. The molecular formula is C14H21F3O2. The number of hydrogen-bond donors (Lipinski definition) is 0. The fourth-order valence-electron chi connectivity index (χ4n) is 2.66. The zero-order valence-corrected chi connectivity index (χ0v) is 11.4. The summed E-state index contributed by atoms with van der Waals surface area (Å²) in [6.45, 7) is 2.68. The SMILES string of the molecule is CCC[C@H]1C/C(=C\C(=O)OCC(F)(F)F)[C@H]1CCC. The van der Waals surface area contributed by atoms with Gasteiger partial charge in [0.05, 0.1) is 0 Å². The topological polar surface area (TPSA) is 26.3 Å². The van der Waals surface area contributed by atoms with E-state index < -0.39 is 18.8 Å². The Bertz CT molecular complexity index is 334. The van der Waals surface area contributed by atoms with Crippen molar-refractivity contribution < 1.29 is 22.7 Å². The molecule has 2 nitrogen and oxygen atoms in total. The average molecular weight is 278 g/mol. The van der Waals surface area contributed by atoms with Gasteiger partial charge in [-0.05, 0) is 31.1 Å². The third-order valence-electron chi connectivity index (χ3n) is 3.48. The minimum atomic E-state index is -4.46. The molecule has 1 rings (SSSR count). The predicted octanol–water partition coefficient (Wildman–Crippen LogP) is 4.25. The van der Waals surface area contributed by atoms with Crippen LogP contribution in [0.2, 0.25) is 0 Å². The number of hydrogen-bond acceptors (Lipinski definition) is 2. The van der Waals surface area contributed by atoms with Gasteiger partial charge < -0.3 is 4.74 Å². The van der Waals surface area contributed by atoms with E-state index in [0.717, 1.165) is 37.7 Å². The smallest absolute Gasteiger partial charge is 0.422 e. The van der Waals surface area contributed by atoms with Gasteiger partial charge in [0.1, 0.15) is 0 Å². The Balaban J connectivity index is 2.49. The van der Waals surface area contributed by atoms with Gasteiger partial charge in [-0.15, -0.1) is 0 Å². The summed E-state index contributed by atoms with van der Waals surface area (Å²) in [5.41, 5.74) is 0.951. The van der Waals surface area contributed by atoms with Crippen molar-refractivity contribution in [2.45, 2.75) is 52.1 Å². The summed E-state index contributed by atoms with van der Waals surface area (Å²) in [7, 11) is 0. The highest BCUT2D eigenvalue weighted by atomic mass is 19.4. The summed E-state index contributed by atoms with van der Waals surface area (Å²) < 4.78 is 39.9. The molecule has 1 aliphatic carbocycles. The highest BCUT2D eigenvalue weighted by molar-refractivity contribution is 5.83. The van der Waals surface area contributed by atoms with Gasteiger partial charge in [0.15, 0.2) is 6.61 Å². The van der Waals surface area contributed by atoms with Crippen LogP contribution >= 0.6 is 0 Å². The Labute approximate surface area is 112 Å². The maximum absolute atomic E-state index is 11.9. The van der Waals surface area contributed by atoms with Gasteiger partial charge in [0.25, 0.3) is 0 Å². The van der Waals surface area contributed by atoms with E-state index in [1.807, 2.05) is 0 Å². The van der Waals surface area contributed by atoms with Crippen molar-refractivity contribution >= 4 is 5.97 Å². The molecule has 0 aromatic carbocycles. The third-order valence-corrected chi connectivity index (χ3v) is 3.48. The number of carbonyl (C=O) groups is 1. The lowest BCUT2D eigenvalue weighted by atomic mass is 9.65. The van der Waals surface area contributed by atoms with Crippen LogP contribution in [0, 0.1) is 11.8 Å². The first kappa shape index (κ1) is 16.1. The van der Waals surface area contributed by atoms with E-state index in [1.165, 1.54) is 6.08 Å². The number of carbonyl (C=O) groups excluding carboxylic acids is 1. The molecule has 1 aliphatic rings. The molecule has 0 unspecified atom stereocenters. The molecule has 1 fully saturated rings. The quantitative estimate of drug-likeness (QED) is 0.536. The summed E-state index contributed by atoms with van der Waals surface area (Å²) in [5, 5.41) is 0. The van der Waals surface area contributed by atoms with Crippen LogP contribution in [0.25, 0.3) is 0 Å². The second-order valence-corrected chi connectivity index (χ2v) is 5.09. The predicted molar refractivity (Wildman–Crippen MR) is 66.5 cm³/mol. The van der Waals surface area contributed by atoms with E-state index in [0.29, 0.717) is 11.8 Å². The summed E-state index contributed by atoms with van der Waals surface area (Å²) in [6.07, 6.45) is 1.83. The molecule has 0 aromatic rings. The number of halogens is 3. The molecule has 2 atom stereocenters. The monoisotopic (exact) mass is 278 g/mol. The van der Waals surface area contributed by atoms with Gasteiger partial charge in [-0.3, -0.25) is 0 Å². The van der Waals surface area contributed by atoms with Crippen molar-refractivity contribution in [1.82, 2.24) is 0 Å². The van der Waals surface area contributed by atoms with Crippen LogP contribution in [0.4, 0.5) is 13.2 Å². The maximum Gasteiger partial charge on any atom is 0.422 e. The molecular weight excluding hydrogens is 257 g/mol. The molecule has 0 bridgehead atoms. The Morgan fingerprint density at radius 1 is 1.32 bits per heavy atom. The van der Waals surface area contributed by atoms with Gasteiger partial charge in [-0.1, -0.05) is 32.3 Å². The van der Waals surface area contributed by atoms with Gasteiger partial charge in [0.2, 0.25) is 0 Å². The molecule has 0 aliphatic heterocycles. The molecule has 0 amide bonds. The summed E-state index contributed by atoms with van der Waals surface area (Å²) >= 11 is 0. The van der Waals surface area contributed by atoms with Crippen LogP contribution in [0.3, 0.4) is 0 Å². The number of allylic oxidation sites excluding steroid dienone is 1. The van der Waals surface area contributed by atoms with E-state index in [-0.39, 0.29) is 0 Å². The lowest BCUT2D eigenvalue weighted by Crippen LogP contribution is -2.30. The van der Waals surface area contributed by atoms with Crippen molar-refractivity contribution in [3.8, 4) is 0 Å². The minimum Gasteiger partial charge on any atom is -0.453 e. The van der Waals surface area contributed by atoms with E-state index in [9.17, 15) is 18.0 Å². The molecule has 0 heterocycles. The number of rotatable bonds is 6.